The van der Waals surface area contributed by atoms with E-state index in [1.807, 2.05) is 13.0 Å². The molecular formula is C16H25NO3S. The van der Waals surface area contributed by atoms with Gasteiger partial charge in [-0.3, -0.25) is 0 Å². The molecule has 0 bridgehead atoms. The minimum absolute atomic E-state index is 0.142. The van der Waals surface area contributed by atoms with Crippen LogP contribution >= 0.6 is 0 Å². The van der Waals surface area contributed by atoms with Crippen molar-refractivity contribution < 1.29 is 13.5 Å². The molecule has 2 N–H and O–H groups in total. The van der Waals surface area contributed by atoms with E-state index in [1.54, 1.807) is 13.0 Å². The summed E-state index contributed by atoms with van der Waals surface area (Å²) in [6.45, 7) is 4.02. The number of benzene rings is 1. The van der Waals surface area contributed by atoms with Crippen LogP contribution in [0.5, 0.6) is 0 Å². The molecule has 4 nitrogen and oxygen atoms in total. The SMILES string of the molecule is Cc1cc(C)c(S(=O)(=O)NCCC2CCCC2)cc1CO. The van der Waals surface area contributed by atoms with Crippen molar-refractivity contribution in [3.05, 3.63) is 28.8 Å². The van der Waals surface area contributed by atoms with Crippen LogP contribution in [0.4, 0.5) is 0 Å². The molecule has 0 aromatic heterocycles. The predicted molar refractivity (Wildman–Crippen MR) is 83.6 cm³/mol. The van der Waals surface area contributed by atoms with Crippen LogP contribution < -0.4 is 4.72 Å². The Hall–Kier alpha value is -0.910. The first-order chi connectivity index (χ1) is 9.94. The molecule has 118 valence electrons. The van der Waals surface area contributed by atoms with E-state index in [-0.39, 0.29) is 11.5 Å². The van der Waals surface area contributed by atoms with E-state index < -0.39 is 10.0 Å². The van der Waals surface area contributed by atoms with Crippen molar-refractivity contribution in [2.75, 3.05) is 6.54 Å². The van der Waals surface area contributed by atoms with E-state index in [9.17, 15) is 13.5 Å². The van der Waals surface area contributed by atoms with Gasteiger partial charge in [0.1, 0.15) is 0 Å². The summed E-state index contributed by atoms with van der Waals surface area (Å²) in [6, 6.07) is 3.40. The molecule has 0 aliphatic heterocycles. The summed E-state index contributed by atoms with van der Waals surface area (Å²) in [5, 5.41) is 9.30. The molecule has 0 atom stereocenters. The number of aliphatic hydroxyl groups is 1. The molecular weight excluding hydrogens is 286 g/mol. The summed E-state index contributed by atoms with van der Waals surface area (Å²) in [7, 11) is -3.49. The van der Waals surface area contributed by atoms with Gasteiger partial charge in [-0.05, 0) is 48.9 Å². The number of hydrogen-bond acceptors (Lipinski definition) is 3. The standard InChI is InChI=1S/C16H25NO3S/c1-12-9-13(2)16(10-15(12)11-18)21(19,20)17-8-7-14-5-3-4-6-14/h9-10,14,17-18H,3-8,11H2,1-2H3. The molecule has 0 spiro atoms. The summed E-state index contributed by atoms with van der Waals surface area (Å²) in [5.41, 5.74) is 2.30. The molecule has 2 rings (SSSR count). The summed E-state index contributed by atoms with van der Waals surface area (Å²) >= 11 is 0. The normalized spacial score (nSPS) is 16.5. The monoisotopic (exact) mass is 311 g/mol. The smallest absolute Gasteiger partial charge is 0.240 e. The number of aryl methyl sites for hydroxylation is 2. The average molecular weight is 311 g/mol. The van der Waals surface area contributed by atoms with Crippen LogP contribution in [0.15, 0.2) is 17.0 Å². The van der Waals surface area contributed by atoms with E-state index in [2.05, 4.69) is 4.72 Å². The van der Waals surface area contributed by atoms with Gasteiger partial charge in [-0.15, -0.1) is 0 Å². The third-order valence-electron chi connectivity index (χ3n) is 4.41. The molecule has 1 aromatic rings. The van der Waals surface area contributed by atoms with Crippen LogP contribution in [0, 0.1) is 19.8 Å². The van der Waals surface area contributed by atoms with Gasteiger partial charge >= 0.3 is 0 Å². The zero-order valence-corrected chi connectivity index (χ0v) is 13.7. The highest BCUT2D eigenvalue weighted by molar-refractivity contribution is 7.89. The number of hydrogen-bond donors (Lipinski definition) is 2. The Morgan fingerprint density at radius 2 is 1.86 bits per heavy atom. The summed E-state index contributed by atoms with van der Waals surface area (Å²) in [6.07, 6.45) is 5.90. The minimum atomic E-state index is -3.49. The Morgan fingerprint density at radius 3 is 2.48 bits per heavy atom. The summed E-state index contributed by atoms with van der Waals surface area (Å²) in [5.74, 6) is 0.666. The fraction of sp³-hybridized carbons (Fsp3) is 0.625. The van der Waals surface area contributed by atoms with Crippen molar-refractivity contribution in [1.82, 2.24) is 4.72 Å². The molecule has 0 heterocycles. The second kappa shape index (κ2) is 6.90. The van der Waals surface area contributed by atoms with Gasteiger partial charge in [0.25, 0.3) is 0 Å². The van der Waals surface area contributed by atoms with E-state index in [0.29, 0.717) is 18.0 Å². The molecule has 21 heavy (non-hydrogen) atoms. The van der Waals surface area contributed by atoms with Gasteiger partial charge in [0.15, 0.2) is 0 Å². The first-order valence-electron chi connectivity index (χ1n) is 7.64. The third kappa shape index (κ3) is 4.05. The number of nitrogens with one attached hydrogen (secondary N) is 1. The molecule has 0 saturated heterocycles. The van der Waals surface area contributed by atoms with Gasteiger partial charge in [-0.2, -0.15) is 0 Å². The van der Waals surface area contributed by atoms with Gasteiger partial charge < -0.3 is 5.11 Å². The van der Waals surface area contributed by atoms with E-state index in [1.165, 1.54) is 25.7 Å². The molecule has 1 aliphatic rings. The highest BCUT2D eigenvalue weighted by atomic mass is 32.2. The van der Waals surface area contributed by atoms with E-state index in [0.717, 1.165) is 17.5 Å². The largest absolute Gasteiger partial charge is 0.392 e. The van der Waals surface area contributed by atoms with Crippen molar-refractivity contribution in [1.29, 1.82) is 0 Å². The molecule has 0 radical (unpaired) electrons. The lowest BCUT2D eigenvalue weighted by atomic mass is 10.1. The van der Waals surface area contributed by atoms with Crippen LogP contribution in [0.25, 0.3) is 0 Å². The van der Waals surface area contributed by atoms with Gasteiger partial charge in [0.2, 0.25) is 10.0 Å². The Bertz CT molecular complexity index is 590. The highest BCUT2D eigenvalue weighted by Crippen LogP contribution is 2.27. The van der Waals surface area contributed by atoms with E-state index in [4.69, 9.17) is 0 Å². The maximum absolute atomic E-state index is 12.4. The molecule has 1 fully saturated rings. The van der Waals surface area contributed by atoms with Crippen LogP contribution in [0.2, 0.25) is 0 Å². The highest BCUT2D eigenvalue weighted by Gasteiger charge is 2.20. The number of sulfonamides is 1. The first-order valence-corrected chi connectivity index (χ1v) is 9.13. The lowest BCUT2D eigenvalue weighted by molar-refractivity contribution is 0.280. The molecule has 1 aliphatic carbocycles. The predicted octanol–water partition coefficient (Wildman–Crippen LogP) is 2.65. The average Bonchev–Trinajstić information content (AvgIpc) is 2.91. The van der Waals surface area contributed by atoms with Crippen LogP contribution in [-0.2, 0) is 16.6 Å². The first kappa shape index (κ1) is 16.5. The van der Waals surface area contributed by atoms with Crippen molar-refractivity contribution in [2.24, 2.45) is 5.92 Å². The quantitative estimate of drug-likeness (QED) is 0.849. The van der Waals surface area contributed by atoms with E-state index >= 15 is 0 Å². The number of rotatable bonds is 6. The van der Waals surface area contributed by atoms with Crippen LogP contribution in [-0.4, -0.2) is 20.1 Å². The van der Waals surface area contributed by atoms with Crippen molar-refractivity contribution in [3.63, 3.8) is 0 Å². The Labute approximate surface area is 127 Å². The Balaban J connectivity index is 2.07. The van der Waals surface area contributed by atoms with Crippen molar-refractivity contribution in [3.8, 4) is 0 Å². The maximum Gasteiger partial charge on any atom is 0.240 e. The summed E-state index contributed by atoms with van der Waals surface area (Å²) < 4.78 is 27.5. The van der Waals surface area contributed by atoms with Crippen LogP contribution in [0.3, 0.4) is 0 Å². The van der Waals surface area contributed by atoms with Gasteiger partial charge in [-0.25, -0.2) is 13.1 Å². The molecule has 1 aromatic carbocycles. The molecule has 0 amide bonds. The van der Waals surface area contributed by atoms with Gasteiger partial charge in [0, 0.05) is 6.54 Å². The summed E-state index contributed by atoms with van der Waals surface area (Å²) in [4.78, 5) is 0.281. The fourth-order valence-electron chi connectivity index (χ4n) is 3.11. The Morgan fingerprint density at radius 1 is 1.19 bits per heavy atom. The Kier molecular flexibility index (Phi) is 5.41. The zero-order chi connectivity index (χ0) is 15.5. The topological polar surface area (TPSA) is 66.4 Å². The fourth-order valence-corrected chi connectivity index (χ4v) is 4.43. The third-order valence-corrected chi connectivity index (χ3v) is 6.02. The lowest BCUT2D eigenvalue weighted by Crippen LogP contribution is -2.26. The zero-order valence-electron chi connectivity index (χ0n) is 12.9. The molecule has 0 unspecified atom stereocenters. The van der Waals surface area contributed by atoms with Gasteiger partial charge in [0.05, 0.1) is 11.5 Å². The molecule has 5 heteroatoms. The van der Waals surface area contributed by atoms with Gasteiger partial charge in [-0.1, -0.05) is 31.7 Å². The van der Waals surface area contributed by atoms with Crippen molar-refractivity contribution >= 4 is 10.0 Å². The maximum atomic E-state index is 12.4. The second-order valence-corrected chi connectivity index (χ2v) is 7.77. The molecule has 1 saturated carbocycles. The van der Waals surface area contributed by atoms with Crippen LogP contribution in [0.1, 0.15) is 48.8 Å². The second-order valence-electron chi connectivity index (χ2n) is 6.04. The lowest BCUT2D eigenvalue weighted by Gasteiger charge is -2.14. The minimum Gasteiger partial charge on any atom is -0.392 e. The van der Waals surface area contributed by atoms with Crippen molar-refractivity contribution in [2.45, 2.75) is 57.5 Å². The number of aliphatic hydroxyl groups excluding tert-OH is 1.